The van der Waals surface area contributed by atoms with Crippen molar-refractivity contribution in [2.24, 2.45) is 5.84 Å². The van der Waals surface area contributed by atoms with Gasteiger partial charge in [0.25, 0.3) is 0 Å². The molecule has 0 saturated heterocycles. The number of rotatable bonds is 3. The highest BCUT2D eigenvalue weighted by molar-refractivity contribution is 6.34. The maximum absolute atomic E-state index is 11.3. The van der Waals surface area contributed by atoms with Gasteiger partial charge in [0.2, 0.25) is 0 Å². The number of carbonyl (C=O) groups excluding carboxylic acids is 2. The smallest absolute Gasteiger partial charge is 0.323 e. The fraction of sp³-hybridized carbons (Fsp3) is 0.750. The third-order valence-corrected chi connectivity index (χ3v) is 1.57. The van der Waals surface area contributed by atoms with E-state index in [0.29, 0.717) is 6.54 Å². The van der Waals surface area contributed by atoms with Gasteiger partial charge in [0.1, 0.15) is 0 Å². The Morgan fingerprint density at radius 3 is 2.29 bits per heavy atom. The van der Waals surface area contributed by atoms with E-state index in [2.05, 4.69) is 0 Å². The Balaban J connectivity index is 4.42. The minimum atomic E-state index is -1.03. The number of hydrogen-bond donors (Lipinski definition) is 3. The van der Waals surface area contributed by atoms with Crippen LogP contribution in [0.15, 0.2) is 0 Å². The second-order valence-electron chi connectivity index (χ2n) is 3.61. The molecule has 0 fully saturated rings. The first-order valence-electron chi connectivity index (χ1n) is 4.34. The molecular formula is C8H17N3O3. The van der Waals surface area contributed by atoms with E-state index in [1.54, 1.807) is 26.2 Å². The number of nitrogens with zero attached hydrogens (tertiary/aromatic N) is 1. The zero-order valence-corrected chi connectivity index (χ0v) is 8.70. The average Bonchev–Trinajstić information content (AvgIpc) is 2.10. The molecule has 0 aliphatic rings. The quantitative estimate of drug-likeness (QED) is 0.227. The van der Waals surface area contributed by atoms with Crippen LogP contribution in [0.4, 0.5) is 0 Å². The van der Waals surface area contributed by atoms with E-state index in [0.717, 1.165) is 0 Å². The van der Waals surface area contributed by atoms with Crippen LogP contribution >= 0.6 is 0 Å². The van der Waals surface area contributed by atoms with E-state index in [1.807, 2.05) is 0 Å². The highest BCUT2D eigenvalue weighted by atomic mass is 16.3. The minimum Gasteiger partial charge on any atom is -0.389 e. The molecule has 6 heteroatoms. The van der Waals surface area contributed by atoms with Crippen LogP contribution in [0.1, 0.15) is 20.8 Å². The lowest BCUT2D eigenvalue weighted by Crippen LogP contribution is -2.49. The third kappa shape index (κ3) is 4.20. The normalized spacial score (nSPS) is 10.9. The van der Waals surface area contributed by atoms with Gasteiger partial charge in [-0.1, -0.05) is 0 Å². The minimum absolute atomic E-state index is 0.0930. The van der Waals surface area contributed by atoms with Crippen LogP contribution in [0.5, 0.6) is 0 Å². The van der Waals surface area contributed by atoms with Crippen molar-refractivity contribution >= 4 is 11.8 Å². The van der Waals surface area contributed by atoms with Crippen molar-refractivity contribution in [3.63, 3.8) is 0 Å². The van der Waals surface area contributed by atoms with Crippen molar-refractivity contribution in [3.8, 4) is 0 Å². The zero-order chi connectivity index (χ0) is 11.4. The maximum Gasteiger partial charge on any atom is 0.323 e. The molecule has 0 aliphatic heterocycles. The Bertz CT molecular complexity index is 222. The van der Waals surface area contributed by atoms with Gasteiger partial charge in [-0.25, -0.2) is 5.84 Å². The van der Waals surface area contributed by atoms with Crippen molar-refractivity contribution in [2.75, 3.05) is 13.1 Å². The molecule has 0 aromatic carbocycles. The lowest BCUT2D eigenvalue weighted by Gasteiger charge is -2.27. The lowest BCUT2D eigenvalue weighted by molar-refractivity contribution is -0.147. The van der Waals surface area contributed by atoms with E-state index in [4.69, 9.17) is 5.84 Å². The third-order valence-electron chi connectivity index (χ3n) is 1.57. The average molecular weight is 203 g/mol. The number of hydrogen-bond acceptors (Lipinski definition) is 4. The van der Waals surface area contributed by atoms with Crippen LogP contribution in [0.2, 0.25) is 0 Å². The first-order chi connectivity index (χ1) is 6.31. The summed E-state index contributed by atoms with van der Waals surface area (Å²) in [7, 11) is 0. The largest absolute Gasteiger partial charge is 0.389 e. The van der Waals surface area contributed by atoms with E-state index in [1.165, 1.54) is 4.90 Å². The van der Waals surface area contributed by atoms with Gasteiger partial charge in [-0.2, -0.15) is 0 Å². The molecule has 0 heterocycles. The molecule has 0 radical (unpaired) electrons. The van der Waals surface area contributed by atoms with Crippen LogP contribution < -0.4 is 11.3 Å². The highest BCUT2D eigenvalue weighted by Crippen LogP contribution is 2.04. The van der Waals surface area contributed by atoms with E-state index < -0.39 is 17.4 Å². The number of amides is 2. The summed E-state index contributed by atoms with van der Waals surface area (Å²) in [4.78, 5) is 23.4. The lowest BCUT2D eigenvalue weighted by atomic mass is 10.1. The number of likely N-dealkylation sites (N-methyl/N-ethyl adjacent to an activating group) is 1. The molecule has 6 nitrogen and oxygen atoms in total. The number of carbonyl (C=O) groups is 2. The van der Waals surface area contributed by atoms with Gasteiger partial charge in [0.05, 0.1) is 5.60 Å². The van der Waals surface area contributed by atoms with Gasteiger partial charge in [-0.05, 0) is 20.8 Å². The molecule has 0 spiro atoms. The molecule has 82 valence electrons. The van der Waals surface area contributed by atoms with Crippen LogP contribution in [0.3, 0.4) is 0 Å². The maximum atomic E-state index is 11.3. The summed E-state index contributed by atoms with van der Waals surface area (Å²) in [6.07, 6.45) is 0. The van der Waals surface area contributed by atoms with Gasteiger partial charge in [0.15, 0.2) is 0 Å². The van der Waals surface area contributed by atoms with Gasteiger partial charge in [0, 0.05) is 13.1 Å². The van der Waals surface area contributed by atoms with Crippen molar-refractivity contribution in [1.29, 1.82) is 0 Å². The number of nitrogens with two attached hydrogens (primary N) is 1. The zero-order valence-electron chi connectivity index (χ0n) is 8.70. The fourth-order valence-corrected chi connectivity index (χ4v) is 1.000. The van der Waals surface area contributed by atoms with Crippen LogP contribution in [-0.2, 0) is 9.59 Å². The first-order valence-corrected chi connectivity index (χ1v) is 4.34. The molecule has 0 aliphatic carbocycles. The second kappa shape index (κ2) is 4.92. The summed E-state index contributed by atoms with van der Waals surface area (Å²) in [6, 6.07) is 0. The van der Waals surface area contributed by atoms with Crippen LogP contribution in [-0.4, -0.2) is 40.5 Å². The molecule has 0 bridgehead atoms. The summed E-state index contributed by atoms with van der Waals surface area (Å²) >= 11 is 0. The monoisotopic (exact) mass is 203 g/mol. The molecule has 0 saturated carbocycles. The second-order valence-corrected chi connectivity index (χ2v) is 3.61. The Morgan fingerprint density at radius 2 is 2.00 bits per heavy atom. The molecule has 0 aromatic rings. The van der Waals surface area contributed by atoms with E-state index >= 15 is 0 Å². The summed E-state index contributed by atoms with van der Waals surface area (Å²) < 4.78 is 0. The predicted molar refractivity (Wildman–Crippen MR) is 50.9 cm³/mol. The summed E-state index contributed by atoms with van der Waals surface area (Å²) in [6.45, 7) is 5.27. The van der Waals surface area contributed by atoms with Crippen LogP contribution in [0.25, 0.3) is 0 Å². The number of nitrogens with one attached hydrogen (secondary N) is 1. The molecular weight excluding hydrogens is 186 g/mol. The number of hydrazine groups is 1. The molecule has 14 heavy (non-hydrogen) atoms. The van der Waals surface area contributed by atoms with Gasteiger partial charge in [-0.3, -0.25) is 15.0 Å². The summed E-state index contributed by atoms with van der Waals surface area (Å²) in [5.41, 5.74) is 0.726. The fourth-order valence-electron chi connectivity index (χ4n) is 1.000. The first kappa shape index (κ1) is 12.9. The SMILES string of the molecule is CCN(CC(C)(C)O)C(=O)C(=O)NN. The Hall–Kier alpha value is -1.14. The van der Waals surface area contributed by atoms with Crippen molar-refractivity contribution in [2.45, 2.75) is 26.4 Å². The predicted octanol–water partition coefficient (Wildman–Crippen LogP) is -1.40. The molecule has 0 atom stereocenters. The standard InChI is InChI=1S/C8H17N3O3/c1-4-11(5-8(2,3)14)7(13)6(12)10-9/h14H,4-5,9H2,1-3H3,(H,10,12). The topological polar surface area (TPSA) is 95.7 Å². The molecule has 0 rings (SSSR count). The molecule has 0 aromatic heterocycles. The van der Waals surface area contributed by atoms with Crippen molar-refractivity contribution < 1.29 is 14.7 Å². The number of aliphatic hydroxyl groups is 1. The Labute approximate surface area is 83.0 Å². The Morgan fingerprint density at radius 1 is 1.50 bits per heavy atom. The van der Waals surface area contributed by atoms with Crippen LogP contribution in [0, 0.1) is 0 Å². The van der Waals surface area contributed by atoms with E-state index in [-0.39, 0.29) is 6.54 Å². The summed E-state index contributed by atoms with van der Waals surface area (Å²) in [5, 5.41) is 9.47. The molecule has 4 N–H and O–H groups in total. The van der Waals surface area contributed by atoms with Gasteiger partial charge < -0.3 is 10.0 Å². The highest BCUT2D eigenvalue weighted by Gasteiger charge is 2.25. The molecule has 0 unspecified atom stereocenters. The Kier molecular flexibility index (Phi) is 4.52. The van der Waals surface area contributed by atoms with Gasteiger partial charge >= 0.3 is 11.8 Å². The molecule has 2 amide bonds. The van der Waals surface area contributed by atoms with Gasteiger partial charge in [-0.15, -0.1) is 0 Å². The van der Waals surface area contributed by atoms with Crippen molar-refractivity contribution in [1.82, 2.24) is 10.3 Å². The van der Waals surface area contributed by atoms with Crippen molar-refractivity contribution in [3.05, 3.63) is 0 Å². The summed E-state index contributed by atoms with van der Waals surface area (Å²) in [5.74, 6) is 3.20. The van der Waals surface area contributed by atoms with E-state index in [9.17, 15) is 14.7 Å².